The second kappa shape index (κ2) is 11.0. The van der Waals surface area contributed by atoms with Crippen molar-refractivity contribution < 1.29 is 19.5 Å². The molecule has 1 fully saturated rings. The molecule has 1 saturated heterocycles. The van der Waals surface area contributed by atoms with Gasteiger partial charge in [-0.3, -0.25) is 19.3 Å². The first kappa shape index (κ1) is 22.2. The number of nitrogens with one attached hydrogen (secondary N) is 1. The van der Waals surface area contributed by atoms with Gasteiger partial charge in [-0.2, -0.15) is 0 Å². The van der Waals surface area contributed by atoms with E-state index in [1.165, 1.54) is 11.3 Å². The van der Waals surface area contributed by atoms with Crippen LogP contribution < -0.4 is 5.32 Å². The molecule has 1 aliphatic heterocycles. The number of rotatable bonds is 10. The number of amides is 2. The van der Waals surface area contributed by atoms with Crippen LogP contribution in [0.3, 0.4) is 0 Å². The van der Waals surface area contributed by atoms with Crippen LogP contribution in [0.4, 0.5) is 5.13 Å². The summed E-state index contributed by atoms with van der Waals surface area (Å²) >= 11 is 1.46. The highest BCUT2D eigenvalue weighted by molar-refractivity contribution is 7.22. The van der Waals surface area contributed by atoms with Crippen molar-refractivity contribution in [1.29, 1.82) is 0 Å². The normalized spacial score (nSPS) is 14.7. The number of nitrogens with zero attached hydrogens (tertiary/aromatic N) is 3. The summed E-state index contributed by atoms with van der Waals surface area (Å²) in [5.74, 6) is -0.709. The fraction of sp³-hybridized carbons (Fsp3) is 0.524. The smallest absolute Gasteiger partial charge is 0.303 e. The summed E-state index contributed by atoms with van der Waals surface area (Å²) in [4.78, 5) is 43.5. The third-order valence-corrected chi connectivity index (χ3v) is 6.12. The van der Waals surface area contributed by atoms with E-state index in [1.807, 2.05) is 29.2 Å². The molecule has 2 amide bonds. The summed E-state index contributed by atoms with van der Waals surface area (Å²) < 4.78 is 1.04. The Kier molecular flexibility index (Phi) is 8.15. The number of hydrogen-bond acceptors (Lipinski definition) is 6. The summed E-state index contributed by atoms with van der Waals surface area (Å²) in [5.41, 5.74) is 0.881. The zero-order chi connectivity index (χ0) is 21.3. The van der Waals surface area contributed by atoms with E-state index in [9.17, 15) is 14.4 Å². The molecule has 162 valence electrons. The van der Waals surface area contributed by atoms with Gasteiger partial charge in [-0.05, 0) is 25.0 Å². The Morgan fingerprint density at radius 1 is 1.00 bits per heavy atom. The number of para-hydroxylation sites is 1. The summed E-state index contributed by atoms with van der Waals surface area (Å²) in [6.45, 7) is 2.91. The molecule has 0 unspecified atom stereocenters. The Hall–Kier alpha value is -2.52. The maximum atomic E-state index is 12.3. The van der Waals surface area contributed by atoms with E-state index in [0.29, 0.717) is 50.7 Å². The lowest BCUT2D eigenvalue weighted by molar-refractivity contribution is -0.137. The third kappa shape index (κ3) is 6.77. The van der Waals surface area contributed by atoms with Crippen molar-refractivity contribution in [2.24, 2.45) is 0 Å². The van der Waals surface area contributed by atoms with Crippen molar-refractivity contribution in [2.45, 2.75) is 38.5 Å². The molecule has 2 aromatic rings. The molecule has 0 spiro atoms. The molecule has 0 aliphatic carbocycles. The van der Waals surface area contributed by atoms with Gasteiger partial charge in [0, 0.05) is 39.0 Å². The van der Waals surface area contributed by atoms with Gasteiger partial charge >= 0.3 is 5.97 Å². The van der Waals surface area contributed by atoms with Crippen LogP contribution >= 0.6 is 11.3 Å². The molecule has 30 heavy (non-hydrogen) atoms. The van der Waals surface area contributed by atoms with Crippen LogP contribution in [-0.4, -0.2) is 70.4 Å². The van der Waals surface area contributed by atoms with Gasteiger partial charge in [-0.15, -0.1) is 0 Å². The molecule has 1 aromatic carbocycles. The van der Waals surface area contributed by atoms with Crippen LogP contribution in [0.1, 0.15) is 38.5 Å². The molecule has 3 rings (SSSR count). The van der Waals surface area contributed by atoms with Crippen molar-refractivity contribution in [2.75, 3.05) is 38.0 Å². The Labute approximate surface area is 179 Å². The Balaban J connectivity index is 1.32. The largest absolute Gasteiger partial charge is 0.481 e. The molecular formula is C21H28N4O4S. The topological polar surface area (TPSA) is 103 Å². The monoisotopic (exact) mass is 432 g/mol. The van der Waals surface area contributed by atoms with Crippen LogP contribution in [0.25, 0.3) is 10.2 Å². The fourth-order valence-electron chi connectivity index (χ4n) is 3.51. The number of carboxylic acid groups (broad SMARTS) is 1. The molecule has 0 bridgehead atoms. The predicted octanol–water partition coefficient (Wildman–Crippen LogP) is 2.80. The SMILES string of the molecule is O=C(O)CCCCCCC(=O)N1CCN(CC(=O)Nc2nc3ccccc3s2)CC1. The Morgan fingerprint density at radius 3 is 2.40 bits per heavy atom. The average Bonchev–Trinajstić information content (AvgIpc) is 3.12. The van der Waals surface area contributed by atoms with Gasteiger partial charge in [0.2, 0.25) is 11.8 Å². The summed E-state index contributed by atoms with van der Waals surface area (Å²) in [5, 5.41) is 12.1. The van der Waals surface area contributed by atoms with Gasteiger partial charge < -0.3 is 15.3 Å². The van der Waals surface area contributed by atoms with E-state index in [1.54, 1.807) is 0 Å². The fourth-order valence-corrected chi connectivity index (χ4v) is 4.39. The van der Waals surface area contributed by atoms with Gasteiger partial charge in [-0.25, -0.2) is 4.98 Å². The van der Waals surface area contributed by atoms with Crippen LogP contribution in [0.5, 0.6) is 0 Å². The lowest BCUT2D eigenvalue weighted by Crippen LogP contribution is -2.50. The van der Waals surface area contributed by atoms with Crippen molar-refractivity contribution in [3.8, 4) is 0 Å². The second-order valence-corrected chi connectivity index (χ2v) is 8.53. The number of aromatic nitrogens is 1. The number of unbranched alkanes of at least 4 members (excludes halogenated alkanes) is 3. The van der Waals surface area contributed by atoms with E-state index in [4.69, 9.17) is 5.11 Å². The van der Waals surface area contributed by atoms with Crippen LogP contribution in [0.2, 0.25) is 0 Å². The van der Waals surface area contributed by atoms with Gasteiger partial charge in [0.15, 0.2) is 5.13 Å². The first-order valence-electron chi connectivity index (χ1n) is 10.4. The third-order valence-electron chi connectivity index (χ3n) is 5.16. The van der Waals surface area contributed by atoms with Crippen molar-refractivity contribution in [1.82, 2.24) is 14.8 Å². The molecule has 8 nitrogen and oxygen atoms in total. The molecule has 9 heteroatoms. The minimum Gasteiger partial charge on any atom is -0.481 e. The average molecular weight is 433 g/mol. The first-order chi connectivity index (χ1) is 14.5. The first-order valence-corrected chi connectivity index (χ1v) is 11.2. The van der Waals surface area contributed by atoms with Gasteiger partial charge in [0.25, 0.3) is 0 Å². The minimum absolute atomic E-state index is 0.0878. The highest BCUT2D eigenvalue weighted by Crippen LogP contribution is 2.25. The number of carboxylic acids is 1. The summed E-state index contributed by atoms with van der Waals surface area (Å²) in [6.07, 6.45) is 3.89. The maximum absolute atomic E-state index is 12.3. The highest BCUT2D eigenvalue weighted by Gasteiger charge is 2.22. The molecular weight excluding hydrogens is 404 g/mol. The zero-order valence-corrected chi connectivity index (χ0v) is 17.8. The van der Waals surface area contributed by atoms with Crippen LogP contribution in [-0.2, 0) is 14.4 Å². The van der Waals surface area contributed by atoms with Gasteiger partial charge in [-0.1, -0.05) is 36.3 Å². The molecule has 0 atom stereocenters. The quantitative estimate of drug-likeness (QED) is 0.560. The number of aliphatic carboxylic acids is 1. The van der Waals surface area contributed by atoms with Crippen LogP contribution in [0, 0.1) is 0 Å². The number of benzene rings is 1. The van der Waals surface area contributed by atoms with E-state index >= 15 is 0 Å². The summed E-state index contributed by atoms with van der Waals surface area (Å²) in [7, 11) is 0. The van der Waals surface area contributed by atoms with Gasteiger partial charge in [0.1, 0.15) is 0 Å². The number of carbonyl (C=O) groups is 3. The zero-order valence-electron chi connectivity index (χ0n) is 17.0. The Morgan fingerprint density at radius 2 is 1.70 bits per heavy atom. The van der Waals surface area contributed by atoms with Crippen molar-refractivity contribution >= 4 is 44.5 Å². The van der Waals surface area contributed by atoms with Gasteiger partial charge in [0.05, 0.1) is 16.8 Å². The number of hydrogen-bond donors (Lipinski definition) is 2. The number of piperazine rings is 1. The number of carbonyl (C=O) groups excluding carboxylic acids is 2. The molecule has 1 aliphatic rings. The number of fused-ring (bicyclic) bond motifs is 1. The second-order valence-electron chi connectivity index (χ2n) is 7.50. The minimum atomic E-state index is -0.766. The van der Waals surface area contributed by atoms with E-state index in [0.717, 1.165) is 29.5 Å². The highest BCUT2D eigenvalue weighted by atomic mass is 32.1. The van der Waals surface area contributed by atoms with Crippen molar-refractivity contribution in [3.05, 3.63) is 24.3 Å². The lowest BCUT2D eigenvalue weighted by Gasteiger charge is -2.34. The molecule has 0 radical (unpaired) electrons. The lowest BCUT2D eigenvalue weighted by atomic mass is 10.1. The molecule has 2 N–H and O–H groups in total. The maximum Gasteiger partial charge on any atom is 0.303 e. The van der Waals surface area contributed by atoms with E-state index < -0.39 is 5.97 Å². The standard InChI is InChI=1S/C21H28N4O4S/c26-18(23-21-22-16-7-5-6-8-17(16)30-21)15-24-11-13-25(14-12-24)19(27)9-3-1-2-4-10-20(28)29/h5-8H,1-4,9-15H2,(H,28,29)(H,22,23,26). The molecule has 1 aromatic heterocycles. The predicted molar refractivity (Wildman–Crippen MR) is 117 cm³/mol. The Bertz CT molecular complexity index is 844. The van der Waals surface area contributed by atoms with Crippen LogP contribution in [0.15, 0.2) is 24.3 Å². The van der Waals surface area contributed by atoms with Crippen molar-refractivity contribution in [3.63, 3.8) is 0 Å². The number of thiazole rings is 1. The van der Waals surface area contributed by atoms with E-state index in [2.05, 4.69) is 15.2 Å². The van der Waals surface area contributed by atoms with E-state index in [-0.39, 0.29) is 18.2 Å². The molecule has 0 saturated carbocycles. The summed E-state index contributed by atoms with van der Waals surface area (Å²) in [6, 6.07) is 7.78. The molecule has 2 heterocycles. The number of anilines is 1.